The summed E-state index contributed by atoms with van der Waals surface area (Å²) in [6, 6.07) is 5.08. The maximum Gasteiger partial charge on any atom is 0.132 e. The molecule has 0 aliphatic rings. The van der Waals surface area contributed by atoms with Crippen LogP contribution >= 0.6 is 0 Å². The van der Waals surface area contributed by atoms with Crippen LogP contribution < -0.4 is 5.73 Å². The predicted octanol–water partition coefficient (Wildman–Crippen LogP) is 1.87. The van der Waals surface area contributed by atoms with Gasteiger partial charge in [0.15, 0.2) is 0 Å². The minimum atomic E-state index is -0.284. The molecule has 96 valence electrons. The van der Waals surface area contributed by atoms with E-state index in [4.69, 9.17) is 5.73 Å². The number of halogens is 1. The third kappa shape index (κ3) is 2.36. The molecule has 0 amide bonds. The molecule has 1 aromatic heterocycles. The summed E-state index contributed by atoms with van der Waals surface area (Å²) >= 11 is 0. The summed E-state index contributed by atoms with van der Waals surface area (Å²) in [7, 11) is 5.70. The lowest BCUT2D eigenvalue weighted by Crippen LogP contribution is -2.11. The summed E-state index contributed by atoms with van der Waals surface area (Å²) in [6.45, 7) is 0.755. The van der Waals surface area contributed by atoms with Crippen molar-refractivity contribution >= 4 is 5.69 Å². The quantitative estimate of drug-likeness (QED) is 0.902. The molecule has 4 nitrogen and oxygen atoms in total. The average Bonchev–Trinajstić information content (AvgIpc) is 2.61. The summed E-state index contributed by atoms with van der Waals surface area (Å²) in [5.74, 6) is -0.284. The number of aryl methyl sites for hydroxylation is 1. The van der Waals surface area contributed by atoms with E-state index in [9.17, 15) is 4.39 Å². The summed E-state index contributed by atoms with van der Waals surface area (Å²) < 4.78 is 15.5. The van der Waals surface area contributed by atoms with Crippen LogP contribution in [0.25, 0.3) is 11.3 Å². The first-order valence-corrected chi connectivity index (χ1v) is 5.70. The second kappa shape index (κ2) is 4.78. The lowest BCUT2D eigenvalue weighted by Gasteiger charge is -2.12. The van der Waals surface area contributed by atoms with Crippen molar-refractivity contribution in [1.29, 1.82) is 0 Å². The van der Waals surface area contributed by atoms with Crippen LogP contribution in [-0.4, -0.2) is 28.8 Å². The first-order valence-electron chi connectivity index (χ1n) is 5.70. The van der Waals surface area contributed by atoms with Gasteiger partial charge in [-0.1, -0.05) is 6.07 Å². The van der Waals surface area contributed by atoms with E-state index in [1.165, 1.54) is 12.3 Å². The van der Waals surface area contributed by atoms with E-state index in [0.29, 0.717) is 16.9 Å². The molecule has 1 aromatic carbocycles. The Morgan fingerprint density at radius 1 is 1.39 bits per heavy atom. The van der Waals surface area contributed by atoms with Gasteiger partial charge in [0.2, 0.25) is 0 Å². The Morgan fingerprint density at radius 3 is 2.67 bits per heavy atom. The van der Waals surface area contributed by atoms with E-state index in [1.807, 2.05) is 25.1 Å². The lowest BCUT2D eigenvalue weighted by molar-refractivity contribution is 0.402. The summed E-state index contributed by atoms with van der Waals surface area (Å²) in [4.78, 5) is 2.03. The van der Waals surface area contributed by atoms with Crippen molar-refractivity contribution in [1.82, 2.24) is 14.7 Å². The molecular weight excluding hydrogens is 231 g/mol. The van der Waals surface area contributed by atoms with E-state index < -0.39 is 0 Å². The van der Waals surface area contributed by atoms with Gasteiger partial charge in [0.05, 0.1) is 17.6 Å². The maximum absolute atomic E-state index is 13.9. The zero-order valence-corrected chi connectivity index (χ0v) is 10.8. The second-order valence-corrected chi connectivity index (χ2v) is 4.62. The monoisotopic (exact) mass is 248 g/mol. The molecule has 0 spiro atoms. The van der Waals surface area contributed by atoms with Crippen LogP contribution in [0.4, 0.5) is 10.1 Å². The van der Waals surface area contributed by atoms with Gasteiger partial charge in [0, 0.05) is 19.2 Å². The highest BCUT2D eigenvalue weighted by molar-refractivity contribution is 5.73. The number of nitrogens with two attached hydrogens (primary N) is 1. The van der Waals surface area contributed by atoms with Crippen LogP contribution in [0.3, 0.4) is 0 Å². The number of nitrogens with zero attached hydrogens (tertiary/aromatic N) is 3. The molecule has 2 aromatic rings. The van der Waals surface area contributed by atoms with E-state index in [2.05, 4.69) is 5.10 Å². The molecule has 5 heteroatoms. The van der Waals surface area contributed by atoms with Crippen LogP contribution in [0.1, 0.15) is 5.56 Å². The minimum absolute atomic E-state index is 0.284. The molecular formula is C13H17FN4. The van der Waals surface area contributed by atoms with Crippen LogP contribution in [0.2, 0.25) is 0 Å². The van der Waals surface area contributed by atoms with Gasteiger partial charge in [0.1, 0.15) is 5.82 Å². The highest BCUT2D eigenvalue weighted by Crippen LogP contribution is 2.28. The first-order chi connectivity index (χ1) is 8.49. The van der Waals surface area contributed by atoms with Crippen LogP contribution in [0, 0.1) is 5.82 Å². The number of nitrogen functional groups attached to an aromatic ring is 1. The van der Waals surface area contributed by atoms with Crippen LogP contribution in [0.15, 0.2) is 24.4 Å². The van der Waals surface area contributed by atoms with Gasteiger partial charge in [-0.25, -0.2) is 4.39 Å². The molecule has 0 bridgehead atoms. The van der Waals surface area contributed by atoms with E-state index in [0.717, 1.165) is 12.1 Å². The molecule has 0 fully saturated rings. The Balaban J connectivity index is 2.50. The first kappa shape index (κ1) is 12.6. The fourth-order valence-corrected chi connectivity index (χ4v) is 2.00. The molecule has 0 radical (unpaired) electrons. The average molecular weight is 248 g/mol. The Hall–Kier alpha value is -1.88. The number of rotatable bonds is 3. The molecule has 0 unspecified atom stereocenters. The highest BCUT2D eigenvalue weighted by atomic mass is 19.1. The number of hydrogen-bond acceptors (Lipinski definition) is 3. The minimum Gasteiger partial charge on any atom is -0.396 e. The Morgan fingerprint density at radius 2 is 2.11 bits per heavy atom. The summed E-state index contributed by atoms with van der Waals surface area (Å²) in [6.07, 6.45) is 1.54. The van der Waals surface area contributed by atoms with Gasteiger partial charge in [-0.05, 0) is 31.8 Å². The summed E-state index contributed by atoms with van der Waals surface area (Å²) in [5.41, 5.74) is 8.47. The van der Waals surface area contributed by atoms with Crippen molar-refractivity contribution in [3.05, 3.63) is 35.8 Å². The summed E-state index contributed by atoms with van der Waals surface area (Å²) in [5, 5.41) is 4.04. The molecule has 1 heterocycles. The maximum atomic E-state index is 13.9. The third-order valence-electron chi connectivity index (χ3n) is 2.75. The van der Waals surface area contributed by atoms with Gasteiger partial charge in [-0.3, -0.25) is 4.68 Å². The molecule has 0 saturated carbocycles. The standard InChI is InChI=1S/C13H17FN4/c1-17(2)8-9-4-5-11(14)10(6-9)13-12(15)7-16-18(13)3/h4-7H,8,15H2,1-3H3. The second-order valence-electron chi connectivity index (χ2n) is 4.62. The number of benzene rings is 1. The van der Waals surface area contributed by atoms with Crippen molar-refractivity contribution in [3.8, 4) is 11.3 Å². The topological polar surface area (TPSA) is 47.1 Å². The fraction of sp³-hybridized carbons (Fsp3) is 0.308. The van der Waals surface area contributed by atoms with Crippen LogP contribution in [-0.2, 0) is 13.6 Å². The smallest absolute Gasteiger partial charge is 0.132 e. The highest BCUT2D eigenvalue weighted by Gasteiger charge is 2.13. The van der Waals surface area contributed by atoms with E-state index in [-0.39, 0.29) is 5.82 Å². The number of anilines is 1. The number of hydrogen-bond donors (Lipinski definition) is 1. The lowest BCUT2D eigenvalue weighted by atomic mass is 10.1. The van der Waals surface area contributed by atoms with Gasteiger partial charge in [-0.2, -0.15) is 5.10 Å². The Kier molecular flexibility index (Phi) is 3.34. The molecule has 2 rings (SSSR count). The molecule has 0 aliphatic heterocycles. The van der Waals surface area contributed by atoms with E-state index >= 15 is 0 Å². The van der Waals surface area contributed by atoms with Gasteiger partial charge in [0.25, 0.3) is 0 Å². The van der Waals surface area contributed by atoms with Crippen LogP contribution in [0.5, 0.6) is 0 Å². The van der Waals surface area contributed by atoms with Crippen molar-refractivity contribution in [2.75, 3.05) is 19.8 Å². The van der Waals surface area contributed by atoms with Crippen molar-refractivity contribution < 1.29 is 4.39 Å². The fourth-order valence-electron chi connectivity index (χ4n) is 2.00. The Bertz CT molecular complexity index is 541. The molecule has 18 heavy (non-hydrogen) atoms. The molecule has 2 N–H and O–H groups in total. The zero-order valence-electron chi connectivity index (χ0n) is 10.8. The largest absolute Gasteiger partial charge is 0.396 e. The van der Waals surface area contributed by atoms with Crippen molar-refractivity contribution in [2.24, 2.45) is 7.05 Å². The predicted molar refractivity (Wildman–Crippen MR) is 70.4 cm³/mol. The van der Waals surface area contributed by atoms with Gasteiger partial charge in [-0.15, -0.1) is 0 Å². The van der Waals surface area contributed by atoms with Gasteiger partial charge >= 0.3 is 0 Å². The van der Waals surface area contributed by atoms with E-state index in [1.54, 1.807) is 17.8 Å². The van der Waals surface area contributed by atoms with Crippen molar-refractivity contribution in [3.63, 3.8) is 0 Å². The zero-order chi connectivity index (χ0) is 13.3. The molecule has 0 aliphatic carbocycles. The SMILES string of the molecule is CN(C)Cc1ccc(F)c(-c2c(N)cnn2C)c1. The molecule has 0 atom stereocenters. The van der Waals surface area contributed by atoms with Gasteiger partial charge < -0.3 is 10.6 Å². The Labute approximate surface area is 106 Å². The van der Waals surface area contributed by atoms with Crippen molar-refractivity contribution in [2.45, 2.75) is 6.54 Å². The third-order valence-corrected chi connectivity index (χ3v) is 2.75. The number of aromatic nitrogens is 2. The molecule has 0 saturated heterocycles. The normalized spacial score (nSPS) is 11.2.